The number of allylic oxidation sites excluding steroid dienone is 2. The van der Waals surface area contributed by atoms with Crippen LogP contribution in [0.15, 0.2) is 23.3 Å². The molecule has 3 heterocycles. The van der Waals surface area contributed by atoms with Crippen LogP contribution in [0.2, 0.25) is 0 Å². The van der Waals surface area contributed by atoms with E-state index >= 15 is 0 Å². The van der Waals surface area contributed by atoms with Crippen molar-refractivity contribution in [1.82, 2.24) is 5.32 Å². The Bertz CT molecular complexity index is 1810. The van der Waals surface area contributed by atoms with Crippen LogP contribution in [0.1, 0.15) is 120 Å². The van der Waals surface area contributed by atoms with Crippen molar-refractivity contribution in [2.45, 2.75) is 206 Å². The number of hydrogen-bond acceptors (Lipinski definition) is 15. The van der Waals surface area contributed by atoms with E-state index < -0.39 is 115 Å². The molecular formula is C49H79NO16. The van der Waals surface area contributed by atoms with Gasteiger partial charge < -0.3 is 74.6 Å². The van der Waals surface area contributed by atoms with Crippen molar-refractivity contribution in [3.05, 3.63) is 23.3 Å². The fourth-order valence-electron chi connectivity index (χ4n) is 14.0. The van der Waals surface area contributed by atoms with Crippen LogP contribution >= 0.6 is 0 Å². The smallest absolute Gasteiger partial charge is 0.314 e. The molecule has 7 rings (SSSR count). The number of carbonyl (C=O) groups is 2. The number of aliphatic hydroxyl groups excluding tert-OH is 7. The molecule has 3 saturated heterocycles. The molecule has 2 saturated carbocycles. The average molecular weight is 938 g/mol. The number of amides is 1. The van der Waals surface area contributed by atoms with Gasteiger partial charge in [0.2, 0.25) is 5.91 Å². The number of rotatable bonds is 14. The number of carboxylic acid groups (broad SMARTS) is 1. The van der Waals surface area contributed by atoms with E-state index in [0.717, 1.165) is 44.1 Å². The number of aliphatic hydroxyl groups is 7. The summed E-state index contributed by atoms with van der Waals surface area (Å²) >= 11 is 0. The van der Waals surface area contributed by atoms with Crippen molar-refractivity contribution >= 4 is 11.9 Å². The molecule has 4 aliphatic carbocycles. The fourth-order valence-corrected chi connectivity index (χ4v) is 14.0. The predicted molar refractivity (Wildman–Crippen MR) is 237 cm³/mol. The van der Waals surface area contributed by atoms with Crippen LogP contribution in [0.3, 0.4) is 0 Å². The lowest BCUT2D eigenvalue weighted by Crippen LogP contribution is -2.68. The summed E-state index contributed by atoms with van der Waals surface area (Å²) in [7, 11) is 0. The van der Waals surface area contributed by atoms with Gasteiger partial charge in [-0.05, 0) is 104 Å². The van der Waals surface area contributed by atoms with Gasteiger partial charge in [0.15, 0.2) is 18.9 Å². The van der Waals surface area contributed by atoms with Gasteiger partial charge in [-0.3, -0.25) is 9.59 Å². The Balaban J connectivity index is 1.17. The third-order valence-corrected chi connectivity index (χ3v) is 18.0. The van der Waals surface area contributed by atoms with Gasteiger partial charge in [0, 0.05) is 6.92 Å². The van der Waals surface area contributed by atoms with Crippen LogP contribution in [-0.2, 0) is 38.0 Å². The monoisotopic (exact) mass is 938 g/mol. The quantitative estimate of drug-likeness (QED) is 0.113. The maximum Gasteiger partial charge on any atom is 0.314 e. The highest BCUT2D eigenvalue weighted by molar-refractivity contribution is 5.82. The van der Waals surface area contributed by atoms with Crippen LogP contribution in [0, 0.1) is 45.3 Å². The first kappa shape index (κ1) is 51.7. The number of carboxylic acids is 1. The molecule has 0 spiro atoms. The first-order chi connectivity index (χ1) is 30.9. The second-order valence-corrected chi connectivity index (χ2v) is 22.2. The third kappa shape index (κ3) is 8.87. The Hall–Kier alpha value is -2.10. The molecule has 7 aliphatic rings. The van der Waals surface area contributed by atoms with Crippen LogP contribution in [0.5, 0.6) is 0 Å². The summed E-state index contributed by atoms with van der Waals surface area (Å²) in [5, 5.41) is 88.9. The second-order valence-electron chi connectivity index (χ2n) is 22.2. The van der Waals surface area contributed by atoms with Crippen LogP contribution in [0.4, 0.5) is 0 Å². The van der Waals surface area contributed by atoms with E-state index in [1.165, 1.54) is 18.1 Å². The standard InChI is InChI=1S/C49H79NO16/c1-23(2)24(3)10-11-25(4)27-15-19-49(45(59)60)29-12-13-33-46(6,7)34(16-17-47(33,8)28(29)14-18-48(27,49)9)64-44-41(66-42-35(50-26(5)52)38(57)37(56)32(20-51)63-42)40(31(54)22-62-44)65-43-39(58)36(55)30(53)21-61-43/h23,25,27,30-44,51,53-58H,3,10-22H2,1-2,4-9H3,(H,50,52)(H,59,60)/t25-,27-,30+,31+,32-,33+,34+,35-,36+,37-,38-,39-,40+,41-,42+,43+,44+,47-,48-,49+/m1/s1. The molecule has 5 fully saturated rings. The second kappa shape index (κ2) is 19.6. The van der Waals surface area contributed by atoms with Crippen molar-refractivity contribution < 1.29 is 78.9 Å². The molecule has 0 aromatic rings. The minimum absolute atomic E-state index is 0.0722. The number of carbonyl (C=O) groups excluding carboxylic acids is 1. The number of fused-ring (bicyclic) bond motifs is 4. The van der Waals surface area contributed by atoms with Crippen molar-refractivity contribution in [1.29, 1.82) is 0 Å². The molecule has 0 aromatic heterocycles. The van der Waals surface area contributed by atoms with Crippen molar-refractivity contribution in [2.24, 2.45) is 45.3 Å². The summed E-state index contributed by atoms with van der Waals surface area (Å²) in [6.07, 6.45) is -10.8. The summed E-state index contributed by atoms with van der Waals surface area (Å²) in [5.41, 5.74) is 1.50. The van der Waals surface area contributed by atoms with Gasteiger partial charge in [-0.25, -0.2) is 0 Å². The molecule has 9 N–H and O–H groups in total. The lowest BCUT2D eigenvalue weighted by molar-refractivity contribution is -0.376. The van der Waals surface area contributed by atoms with E-state index in [1.807, 2.05) is 0 Å². The first-order valence-electron chi connectivity index (χ1n) is 24.4. The fraction of sp³-hybridized carbons (Fsp3) is 0.878. The molecule has 3 aliphatic heterocycles. The summed E-state index contributed by atoms with van der Waals surface area (Å²) in [5.74, 6) is -0.159. The van der Waals surface area contributed by atoms with Gasteiger partial charge in [-0.15, -0.1) is 0 Å². The third-order valence-electron chi connectivity index (χ3n) is 18.0. The van der Waals surface area contributed by atoms with Crippen molar-refractivity contribution in [2.75, 3.05) is 19.8 Å². The molecule has 376 valence electrons. The van der Waals surface area contributed by atoms with Gasteiger partial charge >= 0.3 is 5.97 Å². The molecular weight excluding hydrogens is 859 g/mol. The van der Waals surface area contributed by atoms with Crippen LogP contribution in [0.25, 0.3) is 0 Å². The van der Waals surface area contributed by atoms with Gasteiger partial charge in [-0.2, -0.15) is 0 Å². The molecule has 0 bridgehead atoms. The normalized spacial score (nSPS) is 46.2. The van der Waals surface area contributed by atoms with Gasteiger partial charge in [-0.1, -0.05) is 71.8 Å². The molecule has 66 heavy (non-hydrogen) atoms. The maximum absolute atomic E-state index is 13.9. The number of hydrogen-bond donors (Lipinski definition) is 9. The van der Waals surface area contributed by atoms with E-state index in [9.17, 15) is 50.4 Å². The van der Waals surface area contributed by atoms with Crippen LogP contribution < -0.4 is 5.32 Å². The zero-order valence-corrected chi connectivity index (χ0v) is 40.1. The van der Waals surface area contributed by atoms with E-state index in [1.54, 1.807) is 0 Å². The van der Waals surface area contributed by atoms with E-state index in [4.69, 9.17) is 28.4 Å². The Kier molecular flexibility index (Phi) is 15.4. The number of ether oxygens (including phenoxy) is 6. The van der Waals surface area contributed by atoms with E-state index in [2.05, 4.69) is 60.4 Å². The SMILES string of the molecule is C=C(CC[C@@H](C)[C@H]1CC[C@@]2(C(=O)O)C3=C(CC[C@]12C)[C@@]1(C)CC[C@H](O[C@@H]2OC[C@H](O)[C@H](O[C@@H]4OC[C@H](O)[C@H](O)[C@H]4O)[C@H]2O[C@@H]2O[C@H](CO)[C@@H](O)[C@H](O)[C@H]2NC(C)=O)C(C)(C)[C@@H]1CC3)C(C)C. The largest absolute Gasteiger partial charge is 0.481 e. The molecule has 20 atom stereocenters. The van der Waals surface area contributed by atoms with E-state index in [0.29, 0.717) is 37.5 Å². The Labute approximate surface area is 389 Å². The lowest BCUT2D eigenvalue weighted by atomic mass is 9.43. The molecule has 17 nitrogen and oxygen atoms in total. The maximum atomic E-state index is 13.9. The predicted octanol–water partition coefficient (Wildman–Crippen LogP) is 2.68. The molecule has 0 unspecified atom stereocenters. The van der Waals surface area contributed by atoms with Crippen molar-refractivity contribution in [3.8, 4) is 0 Å². The molecule has 0 radical (unpaired) electrons. The first-order valence-corrected chi connectivity index (χ1v) is 24.4. The Morgan fingerprint density at radius 3 is 2.11 bits per heavy atom. The topological polar surface area (TPSA) is 263 Å². The van der Waals surface area contributed by atoms with E-state index in [-0.39, 0.29) is 35.9 Å². The molecule has 0 aromatic carbocycles. The minimum Gasteiger partial charge on any atom is -0.481 e. The zero-order chi connectivity index (χ0) is 48.4. The highest BCUT2D eigenvalue weighted by atomic mass is 16.8. The number of nitrogens with one attached hydrogen (secondary N) is 1. The summed E-state index contributed by atoms with van der Waals surface area (Å²) < 4.78 is 37.3. The minimum atomic E-state index is -1.73. The van der Waals surface area contributed by atoms with Crippen LogP contribution in [-0.4, -0.2) is 159 Å². The molecule has 17 heteroatoms. The van der Waals surface area contributed by atoms with Gasteiger partial charge in [0.1, 0.15) is 61.0 Å². The Morgan fingerprint density at radius 1 is 0.788 bits per heavy atom. The van der Waals surface area contributed by atoms with Crippen molar-refractivity contribution in [3.63, 3.8) is 0 Å². The van der Waals surface area contributed by atoms with Gasteiger partial charge in [0.25, 0.3) is 0 Å². The highest BCUT2D eigenvalue weighted by Crippen LogP contribution is 2.73. The zero-order valence-electron chi connectivity index (χ0n) is 40.1. The molecule has 1 amide bonds. The summed E-state index contributed by atoms with van der Waals surface area (Å²) in [6, 6.07) is -1.37. The Morgan fingerprint density at radius 2 is 1.45 bits per heavy atom. The summed E-state index contributed by atoms with van der Waals surface area (Å²) in [6.45, 7) is 19.6. The number of aliphatic carboxylic acids is 1. The summed E-state index contributed by atoms with van der Waals surface area (Å²) in [4.78, 5) is 26.3. The lowest BCUT2D eigenvalue weighted by Gasteiger charge is -2.62. The van der Waals surface area contributed by atoms with Gasteiger partial charge in [0.05, 0.1) is 31.3 Å². The average Bonchev–Trinajstić information content (AvgIpc) is 3.59. The highest BCUT2D eigenvalue weighted by Gasteiger charge is 2.68.